The molecule has 2 rings (SSSR count). The molecule has 0 amide bonds. The third-order valence-electron chi connectivity index (χ3n) is 4.11. The van der Waals surface area contributed by atoms with Crippen LogP contribution < -0.4 is 0 Å². The first-order chi connectivity index (χ1) is 7.06. The second kappa shape index (κ2) is 4.45. The third-order valence-corrected chi connectivity index (χ3v) is 4.11. The van der Waals surface area contributed by atoms with Gasteiger partial charge >= 0.3 is 0 Å². The van der Waals surface area contributed by atoms with Crippen LogP contribution in [0.5, 0.6) is 0 Å². The molecule has 1 nitrogen and oxygen atoms in total. The largest absolute Gasteiger partial charge is 0.300 e. The smallest absolute Gasteiger partial charge is 0.0124 e. The third kappa shape index (κ3) is 2.96. The summed E-state index contributed by atoms with van der Waals surface area (Å²) in [5.74, 6) is 1.00. The first kappa shape index (κ1) is 11.4. The molecule has 2 atom stereocenters. The van der Waals surface area contributed by atoms with E-state index in [1.165, 1.54) is 51.6 Å². The van der Waals surface area contributed by atoms with Crippen LogP contribution in [0.2, 0.25) is 0 Å². The zero-order valence-corrected chi connectivity index (χ0v) is 10.8. The second-order valence-electron chi connectivity index (χ2n) is 6.77. The maximum absolute atomic E-state index is 2.78. The predicted octanol–water partition coefficient (Wildman–Crippen LogP) is 3.69. The van der Waals surface area contributed by atoms with Gasteiger partial charge in [0.15, 0.2) is 0 Å². The summed E-state index contributed by atoms with van der Waals surface area (Å²) >= 11 is 0. The fourth-order valence-corrected chi connectivity index (χ4v) is 3.31. The Kier molecular flexibility index (Phi) is 3.39. The molecule has 0 aromatic rings. The van der Waals surface area contributed by atoms with Crippen molar-refractivity contribution >= 4 is 0 Å². The maximum Gasteiger partial charge on any atom is 0.0124 e. The molecule has 0 aromatic heterocycles. The first-order valence-electron chi connectivity index (χ1n) is 6.80. The van der Waals surface area contributed by atoms with E-state index in [1.54, 1.807) is 0 Å². The minimum atomic E-state index is 0.527. The lowest BCUT2D eigenvalue weighted by molar-refractivity contribution is 0.0259. The van der Waals surface area contributed by atoms with E-state index < -0.39 is 0 Å². The molecular weight excluding hydrogens is 182 g/mol. The molecule has 1 saturated carbocycles. The van der Waals surface area contributed by atoms with Gasteiger partial charge in [-0.05, 0) is 56.5 Å². The van der Waals surface area contributed by atoms with Crippen molar-refractivity contribution in [2.24, 2.45) is 11.3 Å². The van der Waals surface area contributed by atoms with Crippen molar-refractivity contribution in [3.05, 3.63) is 0 Å². The molecule has 0 bridgehead atoms. The van der Waals surface area contributed by atoms with Gasteiger partial charge in [0.2, 0.25) is 0 Å². The number of hydrogen-bond donors (Lipinski definition) is 0. The average molecular weight is 209 g/mol. The fraction of sp³-hybridized carbons (Fsp3) is 1.00. The summed E-state index contributed by atoms with van der Waals surface area (Å²) in [7, 11) is 0. The van der Waals surface area contributed by atoms with Gasteiger partial charge in [-0.2, -0.15) is 0 Å². The Morgan fingerprint density at radius 3 is 2.13 bits per heavy atom. The first-order valence-corrected chi connectivity index (χ1v) is 6.80. The van der Waals surface area contributed by atoms with Gasteiger partial charge in [-0.3, -0.25) is 0 Å². The fourth-order valence-electron chi connectivity index (χ4n) is 3.31. The van der Waals surface area contributed by atoms with Gasteiger partial charge in [-0.25, -0.2) is 0 Å². The van der Waals surface area contributed by atoms with Crippen LogP contribution in [-0.2, 0) is 0 Å². The molecule has 15 heavy (non-hydrogen) atoms. The quantitative estimate of drug-likeness (QED) is 0.670. The highest BCUT2D eigenvalue weighted by atomic mass is 15.2. The Morgan fingerprint density at radius 1 is 1.00 bits per heavy atom. The minimum Gasteiger partial charge on any atom is -0.300 e. The highest BCUT2D eigenvalue weighted by molar-refractivity contribution is 4.91. The van der Waals surface area contributed by atoms with Crippen molar-refractivity contribution in [1.29, 1.82) is 0 Å². The van der Waals surface area contributed by atoms with Crippen molar-refractivity contribution in [3.8, 4) is 0 Å². The minimum absolute atomic E-state index is 0.527. The summed E-state index contributed by atoms with van der Waals surface area (Å²) in [6.45, 7) is 9.92. The Hall–Kier alpha value is -0.0400. The lowest BCUT2D eigenvalue weighted by atomic mass is 9.70. The molecular formula is C14H27N. The molecule has 1 aliphatic carbocycles. The van der Waals surface area contributed by atoms with E-state index in [-0.39, 0.29) is 0 Å². The number of piperidine rings is 1. The molecule has 1 aliphatic heterocycles. The van der Waals surface area contributed by atoms with E-state index in [4.69, 9.17) is 0 Å². The highest BCUT2D eigenvalue weighted by Gasteiger charge is 2.37. The molecule has 88 valence electrons. The lowest BCUT2D eigenvalue weighted by Gasteiger charge is -2.48. The summed E-state index contributed by atoms with van der Waals surface area (Å²) in [5.41, 5.74) is 0.527. The lowest BCUT2D eigenvalue weighted by Crippen LogP contribution is -2.50. The summed E-state index contributed by atoms with van der Waals surface area (Å²) in [5, 5.41) is 0. The highest BCUT2D eigenvalue weighted by Crippen LogP contribution is 2.40. The zero-order valence-electron chi connectivity index (χ0n) is 10.8. The van der Waals surface area contributed by atoms with Crippen LogP contribution in [0.15, 0.2) is 0 Å². The molecule has 1 heterocycles. The van der Waals surface area contributed by atoms with Crippen LogP contribution >= 0.6 is 0 Å². The number of rotatable bonds is 2. The topological polar surface area (TPSA) is 3.24 Å². The average Bonchev–Trinajstić information content (AvgIpc) is 2.13. The van der Waals surface area contributed by atoms with Gasteiger partial charge in [0.1, 0.15) is 0 Å². The van der Waals surface area contributed by atoms with Crippen LogP contribution in [0.4, 0.5) is 0 Å². The Morgan fingerprint density at radius 2 is 1.67 bits per heavy atom. The predicted molar refractivity (Wildman–Crippen MR) is 66.0 cm³/mol. The molecule has 2 fully saturated rings. The number of hydrogen-bond acceptors (Lipinski definition) is 1. The number of nitrogens with zero attached hydrogens (tertiary/aromatic N) is 1. The van der Waals surface area contributed by atoms with Crippen molar-refractivity contribution in [2.45, 2.75) is 65.3 Å². The molecule has 2 unspecified atom stereocenters. The van der Waals surface area contributed by atoms with Crippen LogP contribution in [0.3, 0.4) is 0 Å². The molecule has 1 saturated heterocycles. The van der Waals surface area contributed by atoms with Gasteiger partial charge in [0.25, 0.3) is 0 Å². The Labute approximate surface area is 95.2 Å². The normalized spacial score (nSPS) is 33.8. The van der Waals surface area contributed by atoms with Crippen LogP contribution in [0, 0.1) is 11.3 Å². The summed E-state index contributed by atoms with van der Waals surface area (Å²) in [6, 6.07) is 0.949. The van der Waals surface area contributed by atoms with Gasteiger partial charge in [0, 0.05) is 6.04 Å². The van der Waals surface area contributed by atoms with Crippen molar-refractivity contribution in [2.75, 3.05) is 13.1 Å². The zero-order chi connectivity index (χ0) is 10.9. The SMILES string of the molecule is CC(C)(C)CC1CCC1N1CCCCC1. The molecule has 0 spiro atoms. The Balaban J connectivity index is 1.82. The van der Waals surface area contributed by atoms with Gasteiger partial charge in [0.05, 0.1) is 0 Å². The summed E-state index contributed by atoms with van der Waals surface area (Å²) in [6.07, 6.45) is 8.73. The molecule has 0 radical (unpaired) electrons. The summed E-state index contributed by atoms with van der Waals surface area (Å²) < 4.78 is 0. The standard InChI is InChI=1S/C14H27N/c1-14(2,3)11-12-7-8-13(12)15-9-5-4-6-10-15/h12-13H,4-11H2,1-3H3. The maximum atomic E-state index is 2.78. The second-order valence-corrected chi connectivity index (χ2v) is 6.77. The van der Waals surface area contributed by atoms with E-state index in [1.807, 2.05) is 0 Å². The molecule has 2 aliphatic rings. The van der Waals surface area contributed by atoms with Crippen molar-refractivity contribution in [1.82, 2.24) is 4.90 Å². The van der Waals surface area contributed by atoms with E-state index in [2.05, 4.69) is 25.7 Å². The molecule has 0 N–H and O–H groups in total. The Bertz CT molecular complexity index is 198. The molecule has 0 aromatic carbocycles. The van der Waals surface area contributed by atoms with E-state index in [0.717, 1.165) is 12.0 Å². The van der Waals surface area contributed by atoms with Crippen LogP contribution in [0.25, 0.3) is 0 Å². The van der Waals surface area contributed by atoms with E-state index >= 15 is 0 Å². The summed E-state index contributed by atoms with van der Waals surface area (Å²) in [4.78, 5) is 2.78. The van der Waals surface area contributed by atoms with Crippen LogP contribution in [0.1, 0.15) is 59.3 Å². The van der Waals surface area contributed by atoms with Gasteiger partial charge < -0.3 is 4.90 Å². The van der Waals surface area contributed by atoms with Gasteiger partial charge in [-0.15, -0.1) is 0 Å². The molecule has 1 heteroatoms. The number of likely N-dealkylation sites (tertiary alicyclic amines) is 1. The van der Waals surface area contributed by atoms with E-state index in [0.29, 0.717) is 5.41 Å². The van der Waals surface area contributed by atoms with E-state index in [9.17, 15) is 0 Å². The van der Waals surface area contributed by atoms with Crippen molar-refractivity contribution < 1.29 is 0 Å². The van der Waals surface area contributed by atoms with Gasteiger partial charge in [-0.1, -0.05) is 27.2 Å². The monoisotopic (exact) mass is 209 g/mol. The van der Waals surface area contributed by atoms with Crippen LogP contribution in [-0.4, -0.2) is 24.0 Å². The van der Waals surface area contributed by atoms with Crippen molar-refractivity contribution in [3.63, 3.8) is 0 Å².